The number of benzene rings is 2. The fourth-order valence-corrected chi connectivity index (χ4v) is 3.94. The SMILES string of the molecule is CCN(CC)c1ccc(-c2nnc(SCc3cccc(C(F)(F)F)c3)n2C)cc1. The Hall–Kier alpha value is -2.48. The fourth-order valence-electron chi connectivity index (χ4n) is 3.09. The first-order chi connectivity index (χ1) is 13.8. The van der Waals surface area contributed by atoms with Gasteiger partial charge in [-0.3, -0.25) is 0 Å². The van der Waals surface area contributed by atoms with E-state index in [0.29, 0.717) is 16.5 Å². The molecular formula is C21H23F3N4S. The molecule has 0 fully saturated rings. The van der Waals surface area contributed by atoms with E-state index < -0.39 is 11.7 Å². The summed E-state index contributed by atoms with van der Waals surface area (Å²) in [5.74, 6) is 1.11. The maximum Gasteiger partial charge on any atom is 0.416 e. The first-order valence-electron chi connectivity index (χ1n) is 9.37. The highest BCUT2D eigenvalue weighted by Gasteiger charge is 2.30. The molecule has 0 saturated heterocycles. The van der Waals surface area contributed by atoms with Gasteiger partial charge in [-0.15, -0.1) is 10.2 Å². The summed E-state index contributed by atoms with van der Waals surface area (Å²) in [6, 6.07) is 13.5. The second-order valence-corrected chi connectivity index (χ2v) is 7.51. The predicted octanol–water partition coefficient (Wildman–Crippen LogP) is 5.64. The third kappa shape index (κ3) is 4.93. The van der Waals surface area contributed by atoms with Crippen molar-refractivity contribution in [2.45, 2.75) is 30.9 Å². The quantitative estimate of drug-likeness (QED) is 0.463. The van der Waals surface area contributed by atoms with E-state index in [2.05, 4.69) is 41.1 Å². The first kappa shape index (κ1) is 21.2. The van der Waals surface area contributed by atoms with Gasteiger partial charge in [0.25, 0.3) is 0 Å². The molecule has 0 amide bonds. The smallest absolute Gasteiger partial charge is 0.372 e. The highest BCUT2D eigenvalue weighted by Crippen LogP contribution is 2.31. The Labute approximate surface area is 172 Å². The van der Waals surface area contributed by atoms with Crippen molar-refractivity contribution in [3.63, 3.8) is 0 Å². The number of thioether (sulfide) groups is 1. The molecule has 2 aromatic carbocycles. The molecule has 8 heteroatoms. The van der Waals surface area contributed by atoms with Crippen molar-refractivity contribution in [1.29, 1.82) is 0 Å². The molecule has 0 atom stereocenters. The summed E-state index contributed by atoms with van der Waals surface area (Å²) in [7, 11) is 1.86. The lowest BCUT2D eigenvalue weighted by Gasteiger charge is -2.21. The molecule has 3 aromatic rings. The van der Waals surface area contributed by atoms with Crippen LogP contribution in [0, 0.1) is 0 Å². The van der Waals surface area contributed by atoms with Crippen LogP contribution < -0.4 is 4.90 Å². The Balaban J connectivity index is 1.73. The zero-order valence-electron chi connectivity index (χ0n) is 16.6. The van der Waals surface area contributed by atoms with Crippen molar-refractivity contribution in [1.82, 2.24) is 14.8 Å². The van der Waals surface area contributed by atoms with Crippen LogP contribution in [0.4, 0.5) is 18.9 Å². The number of nitrogens with zero attached hydrogens (tertiary/aromatic N) is 4. The van der Waals surface area contributed by atoms with Crippen molar-refractivity contribution < 1.29 is 13.2 Å². The summed E-state index contributed by atoms with van der Waals surface area (Å²) < 4.78 is 40.5. The van der Waals surface area contributed by atoms with Gasteiger partial charge in [-0.25, -0.2) is 0 Å². The van der Waals surface area contributed by atoms with E-state index >= 15 is 0 Å². The Morgan fingerprint density at radius 1 is 1.00 bits per heavy atom. The molecular weight excluding hydrogens is 397 g/mol. The number of hydrogen-bond acceptors (Lipinski definition) is 4. The van der Waals surface area contributed by atoms with Crippen LogP contribution in [0.2, 0.25) is 0 Å². The molecule has 3 rings (SSSR count). The van der Waals surface area contributed by atoms with Crippen LogP contribution in [0.3, 0.4) is 0 Å². The van der Waals surface area contributed by atoms with Gasteiger partial charge in [0.2, 0.25) is 0 Å². The molecule has 154 valence electrons. The Morgan fingerprint density at radius 2 is 1.69 bits per heavy atom. The number of halogens is 3. The molecule has 0 unspecified atom stereocenters. The normalized spacial score (nSPS) is 11.7. The van der Waals surface area contributed by atoms with Crippen LogP contribution in [0.1, 0.15) is 25.0 Å². The number of alkyl halides is 3. The van der Waals surface area contributed by atoms with Crippen LogP contribution in [-0.2, 0) is 19.0 Å². The topological polar surface area (TPSA) is 34.0 Å². The van der Waals surface area contributed by atoms with Crippen LogP contribution in [0.15, 0.2) is 53.7 Å². The van der Waals surface area contributed by atoms with Gasteiger partial charge < -0.3 is 9.47 Å². The van der Waals surface area contributed by atoms with Crippen molar-refractivity contribution >= 4 is 17.4 Å². The second-order valence-electron chi connectivity index (χ2n) is 6.57. The van der Waals surface area contributed by atoms with E-state index in [1.165, 1.54) is 23.9 Å². The molecule has 1 aromatic heterocycles. The highest BCUT2D eigenvalue weighted by atomic mass is 32.2. The second kappa shape index (κ2) is 8.90. The molecule has 0 saturated carbocycles. The molecule has 0 radical (unpaired) electrons. The predicted molar refractivity (Wildman–Crippen MR) is 111 cm³/mol. The zero-order chi connectivity index (χ0) is 21.0. The van der Waals surface area contributed by atoms with E-state index in [9.17, 15) is 13.2 Å². The highest BCUT2D eigenvalue weighted by molar-refractivity contribution is 7.98. The lowest BCUT2D eigenvalue weighted by Crippen LogP contribution is -2.21. The third-order valence-electron chi connectivity index (χ3n) is 4.71. The van der Waals surface area contributed by atoms with Crippen LogP contribution in [0.25, 0.3) is 11.4 Å². The van der Waals surface area contributed by atoms with Gasteiger partial charge in [-0.05, 0) is 49.7 Å². The maximum atomic E-state index is 12.9. The molecule has 0 spiro atoms. The van der Waals surface area contributed by atoms with Gasteiger partial charge in [-0.1, -0.05) is 30.0 Å². The van der Waals surface area contributed by atoms with E-state index in [1.54, 1.807) is 6.07 Å². The Kier molecular flexibility index (Phi) is 6.52. The van der Waals surface area contributed by atoms with Crippen molar-refractivity contribution in [3.05, 3.63) is 59.7 Å². The molecule has 4 nitrogen and oxygen atoms in total. The average Bonchev–Trinajstić information content (AvgIpc) is 3.08. The number of hydrogen-bond donors (Lipinski definition) is 0. The van der Waals surface area contributed by atoms with E-state index in [1.807, 2.05) is 23.7 Å². The van der Waals surface area contributed by atoms with Gasteiger partial charge in [0.05, 0.1) is 5.56 Å². The van der Waals surface area contributed by atoms with Crippen LogP contribution in [0.5, 0.6) is 0 Å². The minimum absolute atomic E-state index is 0.386. The van der Waals surface area contributed by atoms with Crippen molar-refractivity contribution in [3.8, 4) is 11.4 Å². The minimum Gasteiger partial charge on any atom is -0.372 e. The van der Waals surface area contributed by atoms with Gasteiger partial charge in [0.15, 0.2) is 11.0 Å². The number of rotatable bonds is 7. The van der Waals surface area contributed by atoms with Crippen molar-refractivity contribution in [2.24, 2.45) is 7.05 Å². The molecule has 0 aliphatic rings. The van der Waals surface area contributed by atoms with Crippen molar-refractivity contribution in [2.75, 3.05) is 18.0 Å². The van der Waals surface area contributed by atoms with Gasteiger partial charge in [0.1, 0.15) is 0 Å². The van der Waals surface area contributed by atoms with E-state index in [4.69, 9.17) is 0 Å². The summed E-state index contributed by atoms with van der Waals surface area (Å²) in [5.41, 5.74) is 2.06. The maximum absolute atomic E-state index is 12.9. The summed E-state index contributed by atoms with van der Waals surface area (Å²) in [5, 5.41) is 9.14. The zero-order valence-corrected chi connectivity index (χ0v) is 17.4. The van der Waals surface area contributed by atoms with Gasteiger partial charge in [-0.2, -0.15) is 13.2 Å². The lowest BCUT2D eigenvalue weighted by atomic mass is 10.1. The number of aromatic nitrogens is 3. The standard InChI is InChI=1S/C21H23F3N4S/c1-4-28(5-2)18-11-9-16(10-12-18)19-25-26-20(27(19)3)29-14-15-7-6-8-17(13-15)21(22,23)24/h6-13H,4-5,14H2,1-3H3. The first-order valence-corrected chi connectivity index (χ1v) is 10.4. The molecule has 0 aliphatic heterocycles. The van der Waals surface area contributed by atoms with Crippen LogP contribution >= 0.6 is 11.8 Å². The molecule has 29 heavy (non-hydrogen) atoms. The van der Waals surface area contributed by atoms with Gasteiger partial charge >= 0.3 is 6.18 Å². The average molecular weight is 421 g/mol. The minimum atomic E-state index is -4.34. The number of anilines is 1. The largest absolute Gasteiger partial charge is 0.416 e. The molecule has 0 aliphatic carbocycles. The fraction of sp³-hybridized carbons (Fsp3) is 0.333. The Morgan fingerprint density at radius 3 is 2.31 bits per heavy atom. The van der Waals surface area contributed by atoms with Gasteiger partial charge in [0, 0.05) is 37.1 Å². The Bertz CT molecular complexity index is 947. The van der Waals surface area contributed by atoms with E-state index in [0.717, 1.165) is 36.2 Å². The summed E-state index contributed by atoms with van der Waals surface area (Å²) >= 11 is 1.36. The summed E-state index contributed by atoms with van der Waals surface area (Å²) in [6.45, 7) is 6.12. The molecule has 0 N–H and O–H groups in total. The lowest BCUT2D eigenvalue weighted by molar-refractivity contribution is -0.137. The summed E-state index contributed by atoms with van der Waals surface area (Å²) in [6.07, 6.45) is -4.34. The monoisotopic (exact) mass is 420 g/mol. The molecule has 1 heterocycles. The van der Waals surface area contributed by atoms with Crippen LogP contribution in [-0.4, -0.2) is 27.9 Å². The third-order valence-corrected chi connectivity index (χ3v) is 5.80. The molecule has 0 bridgehead atoms. The van der Waals surface area contributed by atoms with E-state index in [-0.39, 0.29) is 0 Å². The summed E-state index contributed by atoms with van der Waals surface area (Å²) in [4.78, 5) is 2.26.